The van der Waals surface area contributed by atoms with Gasteiger partial charge in [-0.3, -0.25) is 4.98 Å². The van der Waals surface area contributed by atoms with Gasteiger partial charge in [-0.15, -0.1) is 11.6 Å². The van der Waals surface area contributed by atoms with Crippen molar-refractivity contribution in [1.29, 1.82) is 0 Å². The summed E-state index contributed by atoms with van der Waals surface area (Å²) in [5.41, 5.74) is 1.93. The Bertz CT molecular complexity index is 328. The van der Waals surface area contributed by atoms with Crippen LogP contribution in [0.2, 0.25) is 0 Å². The van der Waals surface area contributed by atoms with E-state index in [1.54, 1.807) is 6.20 Å². The quantitative estimate of drug-likeness (QED) is 0.704. The van der Waals surface area contributed by atoms with Crippen LogP contribution in [0.25, 0.3) is 0 Å². The van der Waals surface area contributed by atoms with Crippen molar-refractivity contribution in [3.8, 4) is 5.75 Å². The number of rotatable bonds is 6. The lowest BCUT2D eigenvalue weighted by molar-refractivity contribution is 0.249. The Morgan fingerprint density at radius 2 is 2.25 bits per heavy atom. The van der Waals surface area contributed by atoms with Gasteiger partial charge in [0.2, 0.25) is 0 Å². The maximum Gasteiger partial charge on any atom is 0.127 e. The third-order valence-corrected chi connectivity index (χ3v) is 2.82. The van der Waals surface area contributed by atoms with Gasteiger partial charge in [-0.25, -0.2) is 0 Å². The van der Waals surface area contributed by atoms with E-state index >= 15 is 0 Å². The molecule has 0 N–H and O–H groups in total. The van der Waals surface area contributed by atoms with Crippen LogP contribution in [0, 0.1) is 12.8 Å². The van der Waals surface area contributed by atoms with Crippen LogP contribution >= 0.6 is 11.6 Å². The van der Waals surface area contributed by atoms with Crippen molar-refractivity contribution in [2.75, 3.05) is 6.61 Å². The number of aryl methyl sites for hydroxylation is 1. The van der Waals surface area contributed by atoms with Crippen LogP contribution in [0.1, 0.15) is 37.9 Å². The monoisotopic (exact) mass is 241 g/mol. The van der Waals surface area contributed by atoms with Crippen molar-refractivity contribution in [3.05, 3.63) is 23.5 Å². The molecule has 0 aliphatic carbocycles. The summed E-state index contributed by atoms with van der Waals surface area (Å²) in [6.45, 7) is 7.11. The van der Waals surface area contributed by atoms with Gasteiger partial charge in [0, 0.05) is 23.5 Å². The Morgan fingerprint density at radius 3 is 2.88 bits per heavy atom. The first kappa shape index (κ1) is 13.3. The third kappa shape index (κ3) is 4.01. The number of hydrogen-bond donors (Lipinski definition) is 0. The largest absolute Gasteiger partial charge is 0.493 e. The van der Waals surface area contributed by atoms with Crippen molar-refractivity contribution in [3.63, 3.8) is 0 Å². The number of nitrogens with zero attached hydrogens (tertiary/aromatic N) is 1. The number of pyridine rings is 1. The fraction of sp³-hybridized carbons (Fsp3) is 0.615. The summed E-state index contributed by atoms with van der Waals surface area (Å²) in [6, 6.07) is 1.95. The highest BCUT2D eigenvalue weighted by Gasteiger charge is 2.06. The second kappa shape index (κ2) is 6.74. The molecule has 16 heavy (non-hydrogen) atoms. The van der Waals surface area contributed by atoms with Crippen LogP contribution in [0.4, 0.5) is 0 Å². The minimum atomic E-state index is 0.449. The molecule has 0 fully saturated rings. The highest BCUT2D eigenvalue weighted by Crippen LogP contribution is 2.21. The third-order valence-electron chi connectivity index (χ3n) is 2.53. The van der Waals surface area contributed by atoms with Gasteiger partial charge in [-0.05, 0) is 19.3 Å². The number of ether oxygens (including phenoxy) is 1. The van der Waals surface area contributed by atoms with E-state index in [0.717, 1.165) is 23.6 Å². The van der Waals surface area contributed by atoms with Crippen molar-refractivity contribution >= 4 is 11.6 Å². The van der Waals surface area contributed by atoms with E-state index in [2.05, 4.69) is 18.8 Å². The van der Waals surface area contributed by atoms with Crippen LogP contribution in [0.3, 0.4) is 0 Å². The Kier molecular flexibility index (Phi) is 5.61. The Morgan fingerprint density at radius 1 is 1.50 bits per heavy atom. The predicted molar refractivity (Wildman–Crippen MR) is 68.1 cm³/mol. The Hall–Kier alpha value is -0.760. The zero-order chi connectivity index (χ0) is 12.0. The van der Waals surface area contributed by atoms with Gasteiger partial charge in [0.1, 0.15) is 5.75 Å². The van der Waals surface area contributed by atoms with E-state index in [0.29, 0.717) is 11.8 Å². The molecule has 0 radical (unpaired) electrons. The maximum absolute atomic E-state index is 5.84. The standard InChI is InChI=1S/C13H20ClNO/c1-4-5-10(2)9-16-13-6-11(3)15-8-12(13)7-14/h6,8,10H,4-5,7,9H2,1-3H3. The zero-order valence-corrected chi connectivity index (χ0v) is 11.0. The fourth-order valence-corrected chi connectivity index (χ4v) is 1.81. The minimum absolute atomic E-state index is 0.449. The molecular weight excluding hydrogens is 222 g/mol. The molecule has 2 nitrogen and oxygen atoms in total. The second-order valence-electron chi connectivity index (χ2n) is 4.27. The average Bonchev–Trinajstić information content (AvgIpc) is 2.27. The van der Waals surface area contributed by atoms with E-state index in [9.17, 15) is 0 Å². The molecular formula is C13H20ClNO. The summed E-state index contributed by atoms with van der Waals surface area (Å²) >= 11 is 5.84. The van der Waals surface area contributed by atoms with E-state index in [-0.39, 0.29) is 0 Å². The van der Waals surface area contributed by atoms with Crippen LogP contribution in [0.5, 0.6) is 5.75 Å². The topological polar surface area (TPSA) is 22.1 Å². The molecule has 0 bridgehead atoms. The summed E-state index contributed by atoms with van der Waals surface area (Å²) in [6.07, 6.45) is 4.19. The Labute approximate surface area is 103 Å². The lowest BCUT2D eigenvalue weighted by Gasteiger charge is -2.14. The van der Waals surface area contributed by atoms with Gasteiger partial charge < -0.3 is 4.74 Å². The van der Waals surface area contributed by atoms with Gasteiger partial charge in [0.25, 0.3) is 0 Å². The van der Waals surface area contributed by atoms with Crippen LogP contribution in [-0.4, -0.2) is 11.6 Å². The molecule has 1 unspecified atom stereocenters. The highest BCUT2D eigenvalue weighted by molar-refractivity contribution is 6.17. The molecule has 1 aromatic heterocycles. The molecule has 3 heteroatoms. The van der Waals surface area contributed by atoms with E-state index in [4.69, 9.17) is 16.3 Å². The summed E-state index contributed by atoms with van der Waals surface area (Å²) in [7, 11) is 0. The smallest absolute Gasteiger partial charge is 0.127 e. The van der Waals surface area contributed by atoms with Gasteiger partial charge in [0.05, 0.1) is 12.5 Å². The average molecular weight is 242 g/mol. The molecule has 90 valence electrons. The van der Waals surface area contributed by atoms with E-state index in [1.807, 2.05) is 13.0 Å². The Balaban J connectivity index is 2.61. The summed E-state index contributed by atoms with van der Waals surface area (Å²) in [5, 5.41) is 0. The van der Waals surface area contributed by atoms with Crippen molar-refractivity contribution < 1.29 is 4.74 Å². The summed E-state index contributed by atoms with van der Waals surface area (Å²) in [4.78, 5) is 4.21. The second-order valence-corrected chi connectivity index (χ2v) is 4.54. The number of hydrogen-bond acceptors (Lipinski definition) is 2. The molecule has 1 atom stereocenters. The van der Waals surface area contributed by atoms with Gasteiger partial charge in [-0.1, -0.05) is 20.3 Å². The van der Waals surface area contributed by atoms with Crippen LogP contribution < -0.4 is 4.74 Å². The first-order chi connectivity index (χ1) is 7.67. The molecule has 0 aliphatic heterocycles. The number of alkyl halides is 1. The highest BCUT2D eigenvalue weighted by atomic mass is 35.5. The van der Waals surface area contributed by atoms with E-state index < -0.39 is 0 Å². The molecule has 0 saturated carbocycles. The molecule has 0 aromatic carbocycles. The lowest BCUT2D eigenvalue weighted by atomic mass is 10.1. The van der Waals surface area contributed by atoms with Gasteiger partial charge in [0.15, 0.2) is 0 Å². The van der Waals surface area contributed by atoms with Crippen LogP contribution in [-0.2, 0) is 5.88 Å². The zero-order valence-electron chi connectivity index (χ0n) is 10.3. The van der Waals surface area contributed by atoms with Gasteiger partial charge in [-0.2, -0.15) is 0 Å². The molecule has 1 aromatic rings. The van der Waals surface area contributed by atoms with Gasteiger partial charge >= 0.3 is 0 Å². The molecule has 0 aliphatic rings. The van der Waals surface area contributed by atoms with Crippen molar-refractivity contribution in [2.45, 2.75) is 39.5 Å². The van der Waals surface area contributed by atoms with Crippen molar-refractivity contribution in [1.82, 2.24) is 4.98 Å². The first-order valence-electron chi connectivity index (χ1n) is 5.81. The number of aromatic nitrogens is 1. The fourth-order valence-electron chi connectivity index (χ4n) is 1.61. The molecule has 1 heterocycles. The minimum Gasteiger partial charge on any atom is -0.493 e. The SMILES string of the molecule is CCCC(C)COc1cc(C)ncc1CCl. The summed E-state index contributed by atoms with van der Waals surface area (Å²) in [5.74, 6) is 1.91. The summed E-state index contributed by atoms with van der Waals surface area (Å²) < 4.78 is 5.80. The molecule has 1 rings (SSSR count). The van der Waals surface area contributed by atoms with Crippen molar-refractivity contribution in [2.24, 2.45) is 5.92 Å². The predicted octanol–water partition coefficient (Wildman–Crippen LogP) is 3.94. The maximum atomic E-state index is 5.84. The normalized spacial score (nSPS) is 12.5. The lowest BCUT2D eigenvalue weighted by Crippen LogP contribution is -2.09. The number of halogens is 1. The van der Waals surface area contributed by atoms with Crippen LogP contribution in [0.15, 0.2) is 12.3 Å². The molecule has 0 saturated heterocycles. The molecule has 0 amide bonds. The first-order valence-corrected chi connectivity index (χ1v) is 6.35. The van der Waals surface area contributed by atoms with E-state index in [1.165, 1.54) is 12.8 Å². The molecule has 0 spiro atoms.